The Morgan fingerprint density at radius 3 is 2.68 bits per heavy atom. The number of azo groups is 1. The zero-order chi connectivity index (χ0) is 20.0. The number of pyridine rings is 1. The van der Waals surface area contributed by atoms with Crippen LogP contribution < -0.4 is 0 Å². The van der Waals surface area contributed by atoms with Gasteiger partial charge >= 0.3 is 0 Å². The molecule has 0 aliphatic rings. The Kier molecular flexibility index (Phi) is 4.35. The maximum absolute atomic E-state index is 12.8. The molecule has 7 heteroatoms. The van der Waals surface area contributed by atoms with Gasteiger partial charge in [0.15, 0.2) is 5.69 Å². The van der Waals surface area contributed by atoms with E-state index in [0.717, 1.165) is 27.7 Å². The van der Waals surface area contributed by atoms with E-state index >= 15 is 0 Å². The average molecular weight is 393 g/mol. The van der Waals surface area contributed by atoms with Gasteiger partial charge in [0, 0.05) is 28.5 Å². The third-order valence-electron chi connectivity index (χ3n) is 4.67. The van der Waals surface area contributed by atoms with Crippen LogP contribution in [0.2, 0.25) is 5.02 Å². The number of halogens is 1. The largest absolute Gasteiger partial charge is 0.493 e. The zero-order valence-corrected chi connectivity index (χ0v) is 16.3. The van der Waals surface area contributed by atoms with E-state index in [2.05, 4.69) is 15.2 Å². The topological polar surface area (TPSA) is 79.8 Å². The number of hydrogen-bond donors (Lipinski definition) is 1. The van der Waals surface area contributed by atoms with E-state index in [4.69, 9.17) is 11.6 Å². The molecule has 0 saturated heterocycles. The molecular formula is C21H17ClN4O2. The van der Waals surface area contributed by atoms with E-state index in [1.54, 1.807) is 35.9 Å². The van der Waals surface area contributed by atoms with Crippen LogP contribution in [-0.4, -0.2) is 20.6 Å². The number of nitrogens with zero attached hydrogens (tertiary/aromatic N) is 4. The SMILES string of the molecule is Cc1ccc2nc(C)cc(C(=O)N=Nc3c(O)n(C)c4ccc(Cl)cc34)c2c1. The summed E-state index contributed by atoms with van der Waals surface area (Å²) in [6.45, 7) is 3.78. The average Bonchev–Trinajstić information content (AvgIpc) is 2.89. The summed E-state index contributed by atoms with van der Waals surface area (Å²) in [5.74, 6) is -0.583. The molecule has 6 nitrogen and oxygen atoms in total. The number of fused-ring (bicyclic) bond motifs is 2. The fraction of sp³-hybridized carbons (Fsp3) is 0.143. The molecule has 2 aromatic carbocycles. The fourth-order valence-corrected chi connectivity index (χ4v) is 3.45. The summed E-state index contributed by atoms with van der Waals surface area (Å²) in [6, 6.07) is 12.6. The van der Waals surface area contributed by atoms with Crippen molar-refractivity contribution in [3.8, 4) is 5.88 Å². The molecule has 0 aliphatic carbocycles. The molecule has 140 valence electrons. The van der Waals surface area contributed by atoms with Crippen molar-refractivity contribution in [2.75, 3.05) is 0 Å². The van der Waals surface area contributed by atoms with Crippen molar-refractivity contribution < 1.29 is 9.90 Å². The van der Waals surface area contributed by atoms with E-state index < -0.39 is 5.91 Å². The van der Waals surface area contributed by atoms with Crippen molar-refractivity contribution >= 4 is 45.0 Å². The third-order valence-corrected chi connectivity index (χ3v) is 4.90. The van der Waals surface area contributed by atoms with Gasteiger partial charge in [-0.25, -0.2) is 0 Å². The minimum absolute atomic E-state index is 0.0829. The summed E-state index contributed by atoms with van der Waals surface area (Å²) in [5, 5.41) is 20.2. The van der Waals surface area contributed by atoms with Gasteiger partial charge < -0.3 is 9.67 Å². The molecule has 4 aromatic rings. The van der Waals surface area contributed by atoms with Gasteiger partial charge in [-0.15, -0.1) is 10.2 Å². The first kappa shape index (κ1) is 18.1. The molecule has 1 N–H and O–H groups in total. The molecule has 0 unspecified atom stereocenters. The van der Waals surface area contributed by atoms with Gasteiger partial charge in [-0.1, -0.05) is 23.2 Å². The maximum Gasteiger partial charge on any atom is 0.296 e. The Morgan fingerprint density at radius 1 is 1.11 bits per heavy atom. The van der Waals surface area contributed by atoms with Crippen LogP contribution in [-0.2, 0) is 7.05 Å². The molecule has 2 aromatic heterocycles. The highest BCUT2D eigenvalue weighted by Gasteiger charge is 2.16. The lowest BCUT2D eigenvalue weighted by Crippen LogP contribution is -1.99. The molecule has 0 radical (unpaired) electrons. The van der Waals surface area contributed by atoms with E-state index in [9.17, 15) is 9.90 Å². The molecule has 0 aliphatic heterocycles. The first-order valence-corrected chi connectivity index (χ1v) is 9.04. The number of hydrogen-bond acceptors (Lipinski definition) is 4. The molecular weight excluding hydrogens is 376 g/mol. The summed E-state index contributed by atoms with van der Waals surface area (Å²) < 4.78 is 1.57. The summed E-state index contributed by atoms with van der Waals surface area (Å²) in [4.78, 5) is 17.3. The van der Waals surface area contributed by atoms with Gasteiger partial charge in [0.05, 0.1) is 16.6 Å². The Balaban J connectivity index is 1.82. The highest BCUT2D eigenvalue weighted by atomic mass is 35.5. The number of benzene rings is 2. The van der Waals surface area contributed by atoms with E-state index in [1.807, 2.05) is 32.0 Å². The van der Waals surface area contributed by atoms with Crippen LogP contribution >= 0.6 is 11.6 Å². The van der Waals surface area contributed by atoms with Crippen LogP contribution in [0.25, 0.3) is 21.8 Å². The van der Waals surface area contributed by atoms with Gasteiger partial charge in [0.2, 0.25) is 5.88 Å². The lowest BCUT2D eigenvalue weighted by Gasteiger charge is -2.05. The number of aromatic hydroxyl groups is 1. The van der Waals surface area contributed by atoms with Crippen molar-refractivity contribution in [2.24, 2.45) is 17.3 Å². The van der Waals surface area contributed by atoms with Crippen LogP contribution in [0.1, 0.15) is 21.6 Å². The van der Waals surface area contributed by atoms with Crippen LogP contribution in [0.15, 0.2) is 52.7 Å². The summed E-state index contributed by atoms with van der Waals surface area (Å²) in [7, 11) is 1.70. The second-order valence-corrected chi connectivity index (χ2v) is 7.17. The van der Waals surface area contributed by atoms with Gasteiger partial charge in [0.25, 0.3) is 5.91 Å². The van der Waals surface area contributed by atoms with Crippen molar-refractivity contribution in [2.45, 2.75) is 13.8 Å². The first-order chi connectivity index (χ1) is 13.3. The quantitative estimate of drug-likeness (QED) is 0.449. The number of aromatic nitrogens is 2. The lowest BCUT2D eigenvalue weighted by atomic mass is 10.1. The number of carbonyl (C=O) groups is 1. The monoisotopic (exact) mass is 392 g/mol. The molecule has 0 saturated carbocycles. The summed E-state index contributed by atoms with van der Waals surface area (Å²) in [5.41, 5.74) is 3.83. The van der Waals surface area contributed by atoms with E-state index in [0.29, 0.717) is 16.0 Å². The number of carbonyl (C=O) groups excluding carboxylic acids is 1. The normalized spacial score (nSPS) is 11.7. The standard InChI is InChI=1S/C21H17ClN4O2/c1-11-4-6-17-14(8-11)15(9-12(2)23-17)20(27)25-24-19-16-10-13(22)5-7-18(16)26(3)21(19)28/h4-10,28H,1-3H3. The maximum atomic E-state index is 12.8. The number of amides is 1. The van der Waals surface area contributed by atoms with Crippen molar-refractivity contribution in [3.05, 3.63) is 64.3 Å². The highest BCUT2D eigenvalue weighted by molar-refractivity contribution is 6.31. The molecule has 0 fully saturated rings. The molecule has 1 amide bonds. The van der Waals surface area contributed by atoms with Crippen LogP contribution in [0.5, 0.6) is 5.88 Å². The van der Waals surface area contributed by atoms with Gasteiger partial charge in [-0.05, 0) is 50.2 Å². The number of aryl methyl sites for hydroxylation is 3. The smallest absolute Gasteiger partial charge is 0.296 e. The second kappa shape index (κ2) is 6.73. The van der Waals surface area contributed by atoms with Crippen LogP contribution in [0.4, 0.5) is 5.69 Å². The molecule has 28 heavy (non-hydrogen) atoms. The summed E-state index contributed by atoms with van der Waals surface area (Å²) >= 11 is 6.07. The molecule has 0 atom stereocenters. The fourth-order valence-electron chi connectivity index (χ4n) is 3.28. The molecule has 0 bridgehead atoms. The highest BCUT2D eigenvalue weighted by Crippen LogP contribution is 2.39. The first-order valence-electron chi connectivity index (χ1n) is 8.66. The van der Waals surface area contributed by atoms with E-state index in [1.165, 1.54) is 0 Å². The van der Waals surface area contributed by atoms with Crippen molar-refractivity contribution in [1.82, 2.24) is 9.55 Å². The predicted octanol–water partition coefficient (Wildman–Crippen LogP) is 5.63. The molecule has 2 heterocycles. The van der Waals surface area contributed by atoms with Gasteiger partial charge in [-0.3, -0.25) is 9.78 Å². The van der Waals surface area contributed by atoms with Gasteiger partial charge in [0.1, 0.15) is 0 Å². The van der Waals surface area contributed by atoms with Crippen molar-refractivity contribution in [3.63, 3.8) is 0 Å². The molecule has 0 spiro atoms. The lowest BCUT2D eigenvalue weighted by molar-refractivity contribution is 0.0996. The Labute approximate surface area is 166 Å². The minimum Gasteiger partial charge on any atom is -0.493 e. The summed E-state index contributed by atoms with van der Waals surface area (Å²) in [6.07, 6.45) is 0. The second-order valence-electron chi connectivity index (χ2n) is 6.73. The molecule has 4 rings (SSSR count). The van der Waals surface area contributed by atoms with Crippen molar-refractivity contribution in [1.29, 1.82) is 0 Å². The van der Waals surface area contributed by atoms with E-state index in [-0.39, 0.29) is 11.6 Å². The number of rotatable bonds is 2. The predicted molar refractivity (Wildman–Crippen MR) is 110 cm³/mol. The third kappa shape index (κ3) is 3.01. The minimum atomic E-state index is -0.500. The zero-order valence-electron chi connectivity index (χ0n) is 15.6. The Hall–Kier alpha value is -3.25. The Bertz CT molecular complexity index is 1290. The van der Waals surface area contributed by atoms with Crippen LogP contribution in [0, 0.1) is 13.8 Å². The Morgan fingerprint density at radius 2 is 1.89 bits per heavy atom. The van der Waals surface area contributed by atoms with Crippen LogP contribution in [0.3, 0.4) is 0 Å². The van der Waals surface area contributed by atoms with Gasteiger partial charge in [-0.2, -0.15) is 0 Å².